The van der Waals surface area contributed by atoms with Crippen LogP contribution >= 0.6 is 0 Å². The van der Waals surface area contributed by atoms with E-state index in [-0.39, 0.29) is 11.6 Å². The molecule has 2 aromatic carbocycles. The van der Waals surface area contributed by atoms with E-state index in [1.165, 1.54) is 12.1 Å². The van der Waals surface area contributed by atoms with Crippen LogP contribution in [0.1, 0.15) is 51.0 Å². The minimum Gasteiger partial charge on any atom is -0.494 e. The van der Waals surface area contributed by atoms with Crippen molar-refractivity contribution in [3.8, 4) is 5.75 Å². The van der Waals surface area contributed by atoms with E-state index in [1.54, 1.807) is 12.1 Å². The Morgan fingerprint density at radius 1 is 1.11 bits per heavy atom. The number of carbonyl (C=O) groups excluding carboxylic acids is 1. The van der Waals surface area contributed by atoms with Gasteiger partial charge in [0.1, 0.15) is 5.75 Å². The summed E-state index contributed by atoms with van der Waals surface area (Å²) in [5, 5.41) is 13.9. The molecule has 148 valence electrons. The van der Waals surface area contributed by atoms with Crippen LogP contribution in [-0.4, -0.2) is 17.4 Å². The van der Waals surface area contributed by atoms with Crippen LogP contribution in [0.5, 0.6) is 5.75 Å². The molecule has 6 heteroatoms. The molecule has 3 rings (SSSR count). The fourth-order valence-electron chi connectivity index (χ4n) is 3.75. The Morgan fingerprint density at radius 3 is 2.32 bits per heavy atom. The van der Waals surface area contributed by atoms with E-state index in [0.717, 1.165) is 55.5 Å². The number of hydrogen-bond acceptors (Lipinski definition) is 4. The van der Waals surface area contributed by atoms with Gasteiger partial charge < -0.3 is 10.1 Å². The van der Waals surface area contributed by atoms with E-state index in [0.29, 0.717) is 6.61 Å². The van der Waals surface area contributed by atoms with Crippen molar-refractivity contribution in [2.24, 2.45) is 0 Å². The summed E-state index contributed by atoms with van der Waals surface area (Å²) in [4.78, 5) is 23.7. The third kappa shape index (κ3) is 4.32. The zero-order valence-electron chi connectivity index (χ0n) is 16.1. The largest absolute Gasteiger partial charge is 0.494 e. The van der Waals surface area contributed by atoms with Gasteiger partial charge in [0.15, 0.2) is 0 Å². The molecule has 2 aromatic rings. The van der Waals surface area contributed by atoms with Gasteiger partial charge in [0, 0.05) is 17.8 Å². The summed E-state index contributed by atoms with van der Waals surface area (Å²) in [5.74, 6) is 0.732. The zero-order chi connectivity index (χ0) is 20.0. The van der Waals surface area contributed by atoms with Gasteiger partial charge in [-0.05, 0) is 49.1 Å². The number of anilines is 1. The molecule has 1 amide bonds. The number of ether oxygens (including phenoxy) is 1. The highest BCUT2D eigenvalue weighted by atomic mass is 16.6. The molecule has 6 nitrogen and oxygen atoms in total. The normalized spacial score (nSPS) is 15.2. The van der Waals surface area contributed by atoms with Crippen molar-refractivity contribution in [2.45, 2.75) is 50.9 Å². The lowest BCUT2D eigenvalue weighted by molar-refractivity contribution is -0.384. The van der Waals surface area contributed by atoms with Crippen LogP contribution in [0.3, 0.4) is 0 Å². The Bertz CT molecular complexity index is 809. The summed E-state index contributed by atoms with van der Waals surface area (Å²) in [6, 6.07) is 13.8. The predicted molar refractivity (Wildman–Crippen MR) is 109 cm³/mol. The Labute approximate surface area is 165 Å². The number of carbonyl (C=O) groups is 1. The zero-order valence-corrected chi connectivity index (χ0v) is 16.1. The first-order valence-electron chi connectivity index (χ1n) is 9.84. The molecular weight excluding hydrogens is 356 g/mol. The van der Waals surface area contributed by atoms with Crippen molar-refractivity contribution >= 4 is 17.3 Å². The second-order valence-electron chi connectivity index (χ2n) is 7.27. The summed E-state index contributed by atoms with van der Waals surface area (Å²) in [5.41, 5.74) is 0.968. The highest BCUT2D eigenvalue weighted by Crippen LogP contribution is 2.42. The molecule has 1 saturated carbocycles. The Morgan fingerprint density at radius 2 is 1.75 bits per heavy atom. The first-order valence-corrected chi connectivity index (χ1v) is 9.84. The van der Waals surface area contributed by atoms with E-state index in [2.05, 4.69) is 12.2 Å². The lowest BCUT2D eigenvalue weighted by atomic mass is 9.78. The summed E-state index contributed by atoms with van der Waals surface area (Å²) in [6.45, 7) is 2.80. The third-order valence-electron chi connectivity index (χ3n) is 5.40. The van der Waals surface area contributed by atoms with Crippen molar-refractivity contribution in [2.75, 3.05) is 11.9 Å². The van der Waals surface area contributed by atoms with E-state index in [1.807, 2.05) is 24.3 Å². The van der Waals surface area contributed by atoms with E-state index < -0.39 is 10.3 Å². The second-order valence-corrected chi connectivity index (χ2v) is 7.27. The van der Waals surface area contributed by atoms with Crippen LogP contribution in [0.2, 0.25) is 0 Å². The number of nitro groups is 1. The van der Waals surface area contributed by atoms with Gasteiger partial charge in [0.2, 0.25) is 5.91 Å². The SMILES string of the molecule is CCCCOc1ccc(NC(=O)C2(c3ccc([N+](=O)[O-])cc3)CCCC2)cc1. The molecule has 0 radical (unpaired) electrons. The number of rotatable bonds is 8. The maximum atomic E-state index is 13.2. The number of hydrogen-bond donors (Lipinski definition) is 1. The van der Waals surface area contributed by atoms with Gasteiger partial charge in [-0.25, -0.2) is 0 Å². The first-order chi connectivity index (χ1) is 13.5. The Hall–Kier alpha value is -2.89. The number of nitrogens with zero attached hydrogens (tertiary/aromatic N) is 1. The van der Waals surface area contributed by atoms with E-state index in [9.17, 15) is 14.9 Å². The molecule has 28 heavy (non-hydrogen) atoms. The van der Waals surface area contributed by atoms with Gasteiger partial charge in [-0.15, -0.1) is 0 Å². The molecule has 0 aliphatic heterocycles. The smallest absolute Gasteiger partial charge is 0.269 e. The number of nitro benzene ring substituents is 1. The quantitative estimate of drug-likeness (QED) is 0.385. The van der Waals surface area contributed by atoms with Gasteiger partial charge in [-0.1, -0.05) is 38.3 Å². The number of nitrogens with one attached hydrogen (secondary N) is 1. The topological polar surface area (TPSA) is 81.5 Å². The van der Waals surface area contributed by atoms with Gasteiger partial charge in [-0.2, -0.15) is 0 Å². The fraction of sp³-hybridized carbons (Fsp3) is 0.409. The highest BCUT2D eigenvalue weighted by molar-refractivity contribution is 5.99. The maximum Gasteiger partial charge on any atom is 0.269 e. The van der Waals surface area contributed by atoms with Gasteiger partial charge in [-0.3, -0.25) is 14.9 Å². The monoisotopic (exact) mass is 382 g/mol. The van der Waals surface area contributed by atoms with Gasteiger partial charge in [0.25, 0.3) is 5.69 Å². The highest BCUT2D eigenvalue weighted by Gasteiger charge is 2.42. The molecule has 1 fully saturated rings. The predicted octanol–water partition coefficient (Wildman–Crippen LogP) is 5.22. The van der Waals surface area contributed by atoms with Crippen LogP contribution in [0, 0.1) is 10.1 Å². The lowest BCUT2D eigenvalue weighted by Gasteiger charge is -2.28. The van der Waals surface area contributed by atoms with Crippen LogP contribution in [0.25, 0.3) is 0 Å². The Balaban J connectivity index is 1.73. The van der Waals surface area contributed by atoms with Crippen LogP contribution in [-0.2, 0) is 10.2 Å². The third-order valence-corrected chi connectivity index (χ3v) is 5.40. The van der Waals surface area contributed by atoms with Gasteiger partial charge >= 0.3 is 0 Å². The minimum atomic E-state index is -0.634. The minimum absolute atomic E-state index is 0.0379. The number of unbranched alkanes of at least 4 members (excludes halogenated alkanes) is 1. The molecule has 1 aliphatic carbocycles. The first kappa shape index (κ1) is 19.9. The van der Waals surface area contributed by atoms with Crippen molar-refractivity contribution in [1.82, 2.24) is 0 Å². The molecule has 1 N–H and O–H groups in total. The van der Waals surface area contributed by atoms with Crippen LogP contribution in [0.4, 0.5) is 11.4 Å². The summed E-state index contributed by atoms with van der Waals surface area (Å²) in [6.07, 6.45) is 5.52. The molecule has 0 aromatic heterocycles. The molecule has 0 bridgehead atoms. The number of benzene rings is 2. The molecule has 0 atom stereocenters. The average molecular weight is 382 g/mol. The molecule has 0 saturated heterocycles. The van der Waals surface area contributed by atoms with Crippen molar-refractivity contribution in [3.05, 3.63) is 64.2 Å². The van der Waals surface area contributed by atoms with Crippen molar-refractivity contribution in [3.63, 3.8) is 0 Å². The molecule has 1 aliphatic rings. The molecule has 0 unspecified atom stereocenters. The maximum absolute atomic E-state index is 13.2. The Kier molecular flexibility index (Phi) is 6.29. The van der Waals surface area contributed by atoms with Gasteiger partial charge in [0.05, 0.1) is 16.9 Å². The van der Waals surface area contributed by atoms with Crippen molar-refractivity contribution < 1.29 is 14.5 Å². The van der Waals surface area contributed by atoms with Crippen LogP contribution < -0.4 is 10.1 Å². The standard InChI is InChI=1S/C22H26N2O4/c1-2-3-16-28-20-12-8-18(9-13-20)23-21(25)22(14-4-5-15-22)17-6-10-19(11-7-17)24(26)27/h6-13H,2-5,14-16H2,1H3,(H,23,25). The fourth-order valence-corrected chi connectivity index (χ4v) is 3.75. The number of amides is 1. The summed E-state index contributed by atoms with van der Waals surface area (Å²) < 4.78 is 5.66. The molecule has 0 heterocycles. The summed E-state index contributed by atoms with van der Waals surface area (Å²) in [7, 11) is 0. The molecule has 0 spiro atoms. The van der Waals surface area contributed by atoms with E-state index >= 15 is 0 Å². The van der Waals surface area contributed by atoms with Crippen LogP contribution in [0.15, 0.2) is 48.5 Å². The lowest BCUT2D eigenvalue weighted by Crippen LogP contribution is -2.37. The number of non-ortho nitro benzene ring substituents is 1. The van der Waals surface area contributed by atoms with E-state index in [4.69, 9.17) is 4.74 Å². The van der Waals surface area contributed by atoms with Crippen molar-refractivity contribution in [1.29, 1.82) is 0 Å². The average Bonchev–Trinajstić information content (AvgIpc) is 3.21. The summed E-state index contributed by atoms with van der Waals surface area (Å²) >= 11 is 0. The molecular formula is C22H26N2O4. The second kappa shape index (κ2) is 8.87.